The van der Waals surface area contributed by atoms with Gasteiger partial charge in [-0.25, -0.2) is 15.0 Å². The van der Waals surface area contributed by atoms with Gasteiger partial charge in [-0.15, -0.1) is 0 Å². The number of carbonyl (C=O) groups excluding carboxylic acids is 5. The summed E-state index contributed by atoms with van der Waals surface area (Å²) in [5.41, 5.74) is 21.4. The highest BCUT2D eigenvalue weighted by molar-refractivity contribution is 6.24. The molecule has 1 saturated heterocycles. The first-order chi connectivity index (χ1) is 31.1. The molecule has 2 fully saturated rings. The predicted molar refractivity (Wildman–Crippen MR) is 244 cm³/mol. The highest BCUT2D eigenvalue weighted by Gasteiger charge is 2.45. The minimum Gasteiger partial charge on any atom is -0.383 e. The standard InChI is InChI=1S/C51H52N8O5/c52-45-39(19-9-30-54-45)46-56-41-25-24-40(55-47(41)58(46)36-22-20-35(21-23-36)51(53)28-10-29-51)34-15-6-11-32(31-34)12-7-17-37(60)16-5-3-1-2-4-13-33-14-8-18-38-44(33)50(64)59(49(38)63)42-26-27-43(61)57-48(42)62/h6,8-9,11,14-15,18-25,30-31,42H,1-5,7,10,12-13,16-17,26-29,53H2,(H2,52,54)(H,57,61,62). The van der Waals surface area contributed by atoms with Crippen molar-refractivity contribution in [1.29, 1.82) is 0 Å². The molecule has 3 aromatic heterocycles. The summed E-state index contributed by atoms with van der Waals surface area (Å²) < 4.78 is 2.04. The zero-order valence-electron chi connectivity index (χ0n) is 35.9. The molecule has 1 unspecified atom stereocenters. The number of piperidine rings is 1. The highest BCUT2D eigenvalue weighted by Crippen LogP contribution is 2.40. The fourth-order valence-electron chi connectivity index (χ4n) is 9.40. The van der Waals surface area contributed by atoms with Crippen molar-refractivity contribution in [2.24, 2.45) is 5.73 Å². The maximum atomic E-state index is 13.4. The molecule has 2 aliphatic heterocycles. The molecular formula is C51H52N8O5. The lowest BCUT2D eigenvalue weighted by atomic mass is 9.73. The maximum Gasteiger partial charge on any atom is 0.262 e. The van der Waals surface area contributed by atoms with Crippen LogP contribution < -0.4 is 16.8 Å². The van der Waals surface area contributed by atoms with E-state index < -0.39 is 29.7 Å². The van der Waals surface area contributed by atoms with Gasteiger partial charge in [0.1, 0.15) is 23.2 Å². The van der Waals surface area contributed by atoms with Crippen LogP contribution in [0.1, 0.15) is 121 Å². The molecule has 1 saturated carbocycles. The van der Waals surface area contributed by atoms with Crippen LogP contribution in [0.2, 0.25) is 0 Å². The van der Waals surface area contributed by atoms with E-state index in [1.54, 1.807) is 18.3 Å². The van der Waals surface area contributed by atoms with Gasteiger partial charge >= 0.3 is 0 Å². The second kappa shape index (κ2) is 18.1. The molecule has 1 atom stereocenters. The van der Waals surface area contributed by atoms with E-state index in [0.717, 1.165) is 114 Å². The number of fused-ring (bicyclic) bond motifs is 2. The molecule has 5 heterocycles. The molecule has 13 nitrogen and oxygen atoms in total. The molecular weight excluding hydrogens is 805 g/mol. The Morgan fingerprint density at radius 2 is 1.55 bits per heavy atom. The third kappa shape index (κ3) is 8.47. The van der Waals surface area contributed by atoms with Crippen LogP contribution in [0.3, 0.4) is 0 Å². The van der Waals surface area contributed by atoms with Gasteiger partial charge in [0, 0.05) is 42.2 Å². The van der Waals surface area contributed by atoms with Gasteiger partial charge in [-0.3, -0.25) is 38.8 Å². The first-order valence-corrected chi connectivity index (χ1v) is 22.5. The van der Waals surface area contributed by atoms with E-state index in [-0.39, 0.29) is 24.2 Å². The van der Waals surface area contributed by atoms with Gasteiger partial charge in [-0.05, 0) is 123 Å². The van der Waals surface area contributed by atoms with Gasteiger partial charge in [0.25, 0.3) is 11.8 Å². The molecule has 3 aromatic carbocycles. The molecule has 0 bridgehead atoms. The van der Waals surface area contributed by atoms with Crippen molar-refractivity contribution in [3.8, 4) is 28.3 Å². The molecule has 0 spiro atoms. The summed E-state index contributed by atoms with van der Waals surface area (Å²) in [6.45, 7) is 0. The number of nitrogen functional groups attached to an aromatic ring is 1. The summed E-state index contributed by atoms with van der Waals surface area (Å²) in [6, 6.07) is 28.8. The monoisotopic (exact) mass is 856 g/mol. The molecule has 13 heteroatoms. The lowest BCUT2D eigenvalue weighted by Crippen LogP contribution is -2.54. The molecule has 9 rings (SSSR count). The molecule has 4 amide bonds. The van der Waals surface area contributed by atoms with Crippen molar-refractivity contribution < 1.29 is 24.0 Å². The fraction of sp³-hybridized carbons (Fsp3) is 0.333. The quantitative estimate of drug-likeness (QED) is 0.0598. The average molecular weight is 857 g/mol. The lowest BCUT2D eigenvalue weighted by molar-refractivity contribution is -0.136. The Hall–Kier alpha value is -6.86. The number of hydrogen-bond acceptors (Lipinski definition) is 10. The van der Waals surface area contributed by atoms with Crippen LogP contribution in [-0.4, -0.2) is 59.9 Å². The molecule has 64 heavy (non-hydrogen) atoms. The number of rotatable bonds is 17. The summed E-state index contributed by atoms with van der Waals surface area (Å²) in [6.07, 6.45) is 12.8. The number of imidazole rings is 1. The predicted octanol–water partition coefficient (Wildman–Crippen LogP) is 7.95. The number of benzene rings is 3. The van der Waals surface area contributed by atoms with E-state index in [0.29, 0.717) is 47.7 Å². The Kier molecular flexibility index (Phi) is 12.0. The van der Waals surface area contributed by atoms with E-state index >= 15 is 0 Å². The smallest absolute Gasteiger partial charge is 0.262 e. The van der Waals surface area contributed by atoms with Gasteiger partial charge < -0.3 is 11.5 Å². The number of hydrogen-bond donors (Lipinski definition) is 3. The van der Waals surface area contributed by atoms with Gasteiger partial charge in [0.05, 0.1) is 22.4 Å². The molecule has 1 aliphatic carbocycles. The first-order valence-electron chi connectivity index (χ1n) is 22.5. The second-order valence-electron chi connectivity index (χ2n) is 17.5. The first kappa shape index (κ1) is 42.4. The molecule has 6 aromatic rings. The lowest BCUT2D eigenvalue weighted by Gasteiger charge is -2.38. The number of anilines is 1. The Morgan fingerprint density at radius 1 is 0.781 bits per heavy atom. The Labute approximate surface area is 371 Å². The SMILES string of the molecule is Nc1ncccc1-c1nc2ccc(-c3cccc(CCCC(=O)CCCCCCCc4cccc5c4C(=O)N(C4CCC(=O)NC4=O)C5=O)c3)nc2n1-c1ccc(C2(N)CCC2)cc1. The summed E-state index contributed by atoms with van der Waals surface area (Å²) >= 11 is 0. The van der Waals surface area contributed by atoms with Crippen LogP contribution in [0.25, 0.3) is 39.5 Å². The summed E-state index contributed by atoms with van der Waals surface area (Å²) in [4.78, 5) is 79.0. The number of nitrogens with zero attached hydrogens (tertiary/aromatic N) is 5. The Bertz CT molecular complexity index is 2790. The van der Waals surface area contributed by atoms with Crippen LogP contribution in [-0.2, 0) is 32.8 Å². The zero-order chi connectivity index (χ0) is 44.4. The van der Waals surface area contributed by atoms with Gasteiger partial charge in [0.2, 0.25) is 11.8 Å². The van der Waals surface area contributed by atoms with Crippen molar-refractivity contribution in [1.82, 2.24) is 29.7 Å². The summed E-state index contributed by atoms with van der Waals surface area (Å²) in [7, 11) is 0. The van der Waals surface area contributed by atoms with Crippen molar-refractivity contribution >= 4 is 46.4 Å². The highest BCUT2D eigenvalue weighted by atomic mass is 16.2. The number of nitrogens with one attached hydrogen (secondary N) is 1. The van der Waals surface area contributed by atoms with Gasteiger partial charge in [-0.1, -0.05) is 61.7 Å². The number of pyridine rings is 2. The third-order valence-electron chi connectivity index (χ3n) is 13.1. The summed E-state index contributed by atoms with van der Waals surface area (Å²) in [5.74, 6) is -0.639. The van der Waals surface area contributed by atoms with Gasteiger partial charge in [-0.2, -0.15) is 0 Å². The number of amides is 4. The van der Waals surface area contributed by atoms with Crippen LogP contribution in [0.5, 0.6) is 0 Å². The minimum absolute atomic E-state index is 0.0866. The number of ketones is 1. The number of aryl methyl sites for hydroxylation is 2. The molecule has 5 N–H and O–H groups in total. The minimum atomic E-state index is -0.977. The van der Waals surface area contributed by atoms with E-state index in [1.807, 2.05) is 41.0 Å². The van der Waals surface area contributed by atoms with Crippen LogP contribution >= 0.6 is 0 Å². The zero-order valence-corrected chi connectivity index (χ0v) is 35.9. The Morgan fingerprint density at radius 3 is 2.33 bits per heavy atom. The normalized spacial score (nSPS) is 16.8. The van der Waals surface area contributed by atoms with Crippen LogP contribution in [0.4, 0.5) is 5.82 Å². The van der Waals surface area contributed by atoms with Crippen molar-refractivity contribution in [3.63, 3.8) is 0 Å². The van der Waals surface area contributed by atoms with E-state index in [4.69, 9.17) is 21.4 Å². The number of nitrogens with two attached hydrogens (primary N) is 2. The van der Waals surface area contributed by atoms with Crippen molar-refractivity contribution in [2.45, 2.75) is 108 Å². The molecule has 326 valence electrons. The van der Waals surface area contributed by atoms with Crippen LogP contribution in [0, 0.1) is 0 Å². The number of imide groups is 2. The maximum absolute atomic E-state index is 13.4. The van der Waals surface area contributed by atoms with E-state index in [9.17, 15) is 24.0 Å². The Balaban J connectivity index is 0.765. The summed E-state index contributed by atoms with van der Waals surface area (Å²) in [5, 5.41) is 2.24. The fourth-order valence-corrected chi connectivity index (χ4v) is 9.40. The third-order valence-corrected chi connectivity index (χ3v) is 13.1. The number of aromatic nitrogens is 4. The largest absolute Gasteiger partial charge is 0.383 e. The van der Waals surface area contributed by atoms with E-state index in [2.05, 4.69) is 52.8 Å². The topological polar surface area (TPSA) is 196 Å². The number of carbonyl (C=O) groups is 5. The molecule has 3 aliphatic rings. The average Bonchev–Trinajstić information content (AvgIpc) is 3.79. The van der Waals surface area contributed by atoms with Crippen molar-refractivity contribution in [2.75, 3.05) is 5.73 Å². The van der Waals surface area contributed by atoms with Gasteiger partial charge in [0.15, 0.2) is 11.5 Å². The van der Waals surface area contributed by atoms with Crippen molar-refractivity contribution in [3.05, 3.63) is 125 Å². The molecule has 0 radical (unpaired) electrons. The van der Waals surface area contributed by atoms with Crippen LogP contribution in [0.15, 0.2) is 97.2 Å². The number of unbranched alkanes of at least 4 members (excludes halogenated alkanes) is 4. The number of Topliss-reactive ketones (excluding diaryl/α,β-unsaturated/α-hetero) is 1. The second-order valence-corrected chi connectivity index (χ2v) is 17.5. The van der Waals surface area contributed by atoms with E-state index in [1.165, 1.54) is 0 Å².